The Morgan fingerprint density at radius 1 is 0.609 bits per heavy atom. The third kappa shape index (κ3) is 11.7. The molecule has 2 rings (SSSR count). The van der Waals surface area contributed by atoms with Gasteiger partial charge in [-0.25, -0.2) is 0 Å². The smallest absolute Gasteiger partial charge is 0.303 e. The second-order valence-electron chi connectivity index (χ2n) is 10.4. The fourth-order valence-corrected chi connectivity index (χ4v) is 6.60. The molecule has 260 valence electrons. The Morgan fingerprint density at radius 2 is 1.09 bits per heavy atom. The van der Waals surface area contributed by atoms with Gasteiger partial charge < -0.3 is 48.5 Å². The first-order valence-electron chi connectivity index (χ1n) is 14.4. The van der Waals surface area contributed by atoms with E-state index in [1.54, 1.807) is 6.92 Å². The maximum Gasteiger partial charge on any atom is 0.303 e. The van der Waals surface area contributed by atoms with E-state index in [-0.39, 0.29) is 13.2 Å². The van der Waals surface area contributed by atoms with E-state index >= 15 is 0 Å². The van der Waals surface area contributed by atoms with Crippen LogP contribution in [0.5, 0.6) is 0 Å². The molecule has 0 aromatic rings. The Kier molecular flexibility index (Phi) is 15.2. The highest BCUT2D eigenvalue weighted by Crippen LogP contribution is 2.40. The van der Waals surface area contributed by atoms with Crippen molar-refractivity contribution in [3.8, 4) is 0 Å². The average molecular weight is 679 g/mol. The molecule has 2 aliphatic heterocycles. The molecular weight excluding hydrogens is 636 g/mol. The van der Waals surface area contributed by atoms with Crippen molar-refractivity contribution in [3.05, 3.63) is 0 Å². The van der Waals surface area contributed by atoms with Crippen molar-refractivity contribution in [1.29, 1.82) is 0 Å². The summed E-state index contributed by atoms with van der Waals surface area (Å²) in [7, 11) is 0. The number of ether oxygens (including phenoxy) is 8. The van der Waals surface area contributed by atoms with E-state index in [0.29, 0.717) is 0 Å². The summed E-state index contributed by atoms with van der Waals surface area (Å²) in [5, 5.41) is 4.36. The van der Waals surface area contributed by atoms with E-state index in [9.17, 15) is 33.6 Å². The zero-order valence-corrected chi connectivity index (χ0v) is 27.7. The summed E-state index contributed by atoms with van der Waals surface area (Å²) in [4.78, 5) is 85.0. The summed E-state index contributed by atoms with van der Waals surface area (Å²) in [6, 6.07) is -2.27. The minimum atomic E-state index is -1.36. The molecule has 0 spiro atoms. The van der Waals surface area contributed by atoms with Crippen LogP contribution in [0, 0.1) is 0 Å². The average Bonchev–Trinajstić information content (AvgIpc) is 2.91. The monoisotopic (exact) mass is 678 g/mol. The van der Waals surface area contributed by atoms with Gasteiger partial charge in [0.05, 0.1) is 5.25 Å². The van der Waals surface area contributed by atoms with Crippen molar-refractivity contribution in [2.75, 3.05) is 19.8 Å². The van der Waals surface area contributed by atoms with E-state index in [1.165, 1.54) is 20.8 Å². The molecule has 2 amide bonds. The second kappa shape index (κ2) is 18.0. The molecule has 0 unspecified atom stereocenters. The number of carbonyl (C=O) groups excluding carboxylic acids is 7. The molecule has 17 nitrogen and oxygen atoms in total. The normalized spacial score (nSPS) is 30.6. The van der Waals surface area contributed by atoms with Crippen molar-refractivity contribution in [2.45, 2.75) is 115 Å². The summed E-state index contributed by atoms with van der Waals surface area (Å²) in [5.41, 5.74) is -1.20. The van der Waals surface area contributed by atoms with E-state index in [1.807, 2.05) is 0 Å². The van der Waals surface area contributed by atoms with Crippen molar-refractivity contribution in [3.63, 3.8) is 0 Å². The highest BCUT2D eigenvalue weighted by Gasteiger charge is 2.55. The molecule has 2 heterocycles. The minimum absolute atomic E-state index is 0.140. The predicted molar refractivity (Wildman–Crippen MR) is 155 cm³/mol. The second-order valence-corrected chi connectivity index (χ2v) is 11.7. The molecule has 0 aliphatic carbocycles. The van der Waals surface area contributed by atoms with Gasteiger partial charge in [0, 0.05) is 55.1 Å². The largest absolute Gasteiger partial charge is 0.463 e. The standard InChI is InChI=1S/C28H42N2O15S/c1-9-38-27-21(29-12(2)31)25(43-18(8)37)26(20(44-27)11-40-15(5)34)46-28-22(30-13(3)32)24(42-17(7)36)23(41-16(6)35)19(45-28)10-39-14(4)33/h19-28H,9-11H2,1-8H3,(H,29,31)(H,30,32)/t19-,20-,21-,22-,23-,24-,25-,26-,27-,28+/m1/s1. The number of nitrogens with one attached hydrogen (secondary N) is 2. The van der Waals surface area contributed by atoms with Crippen LogP contribution in [0.3, 0.4) is 0 Å². The molecule has 10 atom stereocenters. The van der Waals surface area contributed by atoms with E-state index in [0.717, 1.165) is 39.5 Å². The number of carbonyl (C=O) groups is 7. The van der Waals surface area contributed by atoms with Gasteiger partial charge in [0.2, 0.25) is 11.8 Å². The van der Waals surface area contributed by atoms with Crippen LogP contribution >= 0.6 is 11.8 Å². The first-order chi connectivity index (χ1) is 21.5. The maximum absolute atomic E-state index is 12.4. The van der Waals surface area contributed by atoms with Gasteiger partial charge in [-0.2, -0.15) is 0 Å². The van der Waals surface area contributed by atoms with Gasteiger partial charge in [0.1, 0.15) is 49.0 Å². The number of esters is 5. The molecule has 0 bridgehead atoms. The quantitative estimate of drug-likeness (QED) is 0.185. The lowest BCUT2D eigenvalue weighted by Gasteiger charge is -2.49. The van der Waals surface area contributed by atoms with Crippen molar-refractivity contribution < 1.29 is 71.5 Å². The molecule has 0 aromatic heterocycles. The zero-order valence-electron chi connectivity index (χ0n) is 26.9. The van der Waals surface area contributed by atoms with Gasteiger partial charge >= 0.3 is 29.8 Å². The molecule has 2 aliphatic rings. The number of amides is 2. The van der Waals surface area contributed by atoms with Crippen LogP contribution in [0.4, 0.5) is 0 Å². The summed E-state index contributed by atoms with van der Waals surface area (Å²) in [6.07, 6.45) is -7.30. The fourth-order valence-electron chi connectivity index (χ4n) is 4.99. The van der Waals surface area contributed by atoms with Gasteiger partial charge in [-0.15, -0.1) is 11.8 Å². The molecule has 46 heavy (non-hydrogen) atoms. The molecule has 2 saturated heterocycles. The molecule has 0 saturated carbocycles. The first kappa shape index (κ1) is 38.7. The molecule has 18 heteroatoms. The SMILES string of the molecule is CCO[C@@H]1O[C@H](COC(C)=O)[C@@H](S[C@@H]2O[C@H](COC(C)=O)[C@@H](OC(C)=O)[C@H](OC(C)=O)[C@H]2NC(C)=O)[C@H](OC(C)=O)[C@H]1NC(C)=O. The summed E-state index contributed by atoms with van der Waals surface area (Å²) in [5.74, 6) is -4.68. The fraction of sp³-hybridized carbons (Fsp3) is 0.750. The first-order valence-corrected chi connectivity index (χ1v) is 15.4. The van der Waals surface area contributed by atoms with E-state index in [4.69, 9.17) is 37.9 Å². The highest BCUT2D eigenvalue weighted by atomic mass is 32.2. The van der Waals surface area contributed by atoms with Crippen LogP contribution in [0.2, 0.25) is 0 Å². The summed E-state index contributed by atoms with van der Waals surface area (Å²) in [6.45, 7) is 9.20. The molecule has 0 aromatic carbocycles. The Bertz CT molecular complexity index is 1140. The number of hydrogen-bond acceptors (Lipinski definition) is 16. The van der Waals surface area contributed by atoms with Gasteiger partial charge in [0.15, 0.2) is 18.5 Å². The third-order valence-electron chi connectivity index (χ3n) is 6.46. The van der Waals surface area contributed by atoms with E-state index < -0.39 is 108 Å². The minimum Gasteiger partial charge on any atom is -0.463 e. The van der Waals surface area contributed by atoms with Crippen LogP contribution in [-0.4, -0.2) is 121 Å². The van der Waals surface area contributed by atoms with Crippen LogP contribution in [0.25, 0.3) is 0 Å². The third-order valence-corrected chi connectivity index (χ3v) is 8.02. The Labute approximate surface area is 270 Å². The Morgan fingerprint density at radius 3 is 1.57 bits per heavy atom. The van der Waals surface area contributed by atoms with Gasteiger partial charge in [-0.3, -0.25) is 33.6 Å². The van der Waals surface area contributed by atoms with Crippen LogP contribution in [0.1, 0.15) is 55.4 Å². The number of hydrogen-bond donors (Lipinski definition) is 2. The molecular formula is C28H42N2O15S. The molecule has 2 N–H and O–H groups in total. The number of thioether (sulfide) groups is 1. The molecule has 0 radical (unpaired) electrons. The lowest BCUT2D eigenvalue weighted by molar-refractivity contribution is -0.239. The summed E-state index contributed by atoms with van der Waals surface area (Å²) >= 11 is 0.933. The zero-order chi connectivity index (χ0) is 34.7. The van der Waals surface area contributed by atoms with Gasteiger partial charge in [-0.1, -0.05) is 0 Å². The van der Waals surface area contributed by atoms with Gasteiger partial charge in [-0.05, 0) is 6.92 Å². The summed E-state index contributed by atoms with van der Waals surface area (Å²) < 4.78 is 45.3. The van der Waals surface area contributed by atoms with Crippen molar-refractivity contribution in [2.24, 2.45) is 0 Å². The number of rotatable bonds is 13. The topological polar surface area (TPSA) is 217 Å². The van der Waals surface area contributed by atoms with E-state index in [2.05, 4.69) is 10.6 Å². The van der Waals surface area contributed by atoms with Gasteiger partial charge in [0.25, 0.3) is 0 Å². The van der Waals surface area contributed by atoms with Crippen molar-refractivity contribution in [1.82, 2.24) is 10.6 Å². The Balaban J connectivity index is 2.70. The van der Waals surface area contributed by atoms with Crippen LogP contribution < -0.4 is 10.6 Å². The predicted octanol–water partition coefficient (Wildman–Crippen LogP) is -0.495. The molecule has 2 fully saturated rings. The Hall–Kier alpha value is -3.48. The van der Waals surface area contributed by atoms with Crippen LogP contribution in [-0.2, 0) is 71.5 Å². The van der Waals surface area contributed by atoms with Crippen LogP contribution in [0.15, 0.2) is 0 Å². The van der Waals surface area contributed by atoms with Crippen molar-refractivity contribution >= 4 is 53.4 Å². The lowest BCUT2D eigenvalue weighted by atomic mass is 9.97. The highest BCUT2D eigenvalue weighted by molar-refractivity contribution is 8.00. The maximum atomic E-state index is 12.4. The lowest BCUT2D eigenvalue weighted by Crippen LogP contribution is -2.68.